The van der Waals surface area contributed by atoms with Crippen LogP contribution in [0.3, 0.4) is 0 Å². The molecule has 0 aromatic heterocycles. The van der Waals surface area contributed by atoms with Crippen LogP contribution in [0.4, 0.5) is 0 Å². The summed E-state index contributed by atoms with van der Waals surface area (Å²) in [5, 5.41) is 11.1. The Bertz CT molecular complexity index is 318. The van der Waals surface area contributed by atoms with Gasteiger partial charge in [0, 0.05) is 13.6 Å². The summed E-state index contributed by atoms with van der Waals surface area (Å²) in [7, 11) is 1.81. The molecule has 0 bridgehead atoms. The fraction of sp³-hybridized carbons (Fsp3) is 1.00. The molecule has 0 saturated heterocycles. The summed E-state index contributed by atoms with van der Waals surface area (Å²) in [6.45, 7) is 5.44. The number of nitrogens with zero attached hydrogens (tertiary/aromatic N) is 1. The van der Waals surface area contributed by atoms with E-state index in [1.807, 2.05) is 7.05 Å². The van der Waals surface area contributed by atoms with Gasteiger partial charge in [0.15, 0.2) is 0 Å². The SMILES string of the molecule is CCCCCCCCCCCCCCC(CCCCCCCCCCCC)CN(C)O. The number of rotatable bonds is 26. The fourth-order valence-electron chi connectivity index (χ4n) is 4.90. The van der Waals surface area contributed by atoms with E-state index in [0.29, 0.717) is 5.92 Å². The predicted octanol–water partition coefficient (Wildman–Crippen LogP) is 10.3. The van der Waals surface area contributed by atoms with Gasteiger partial charge >= 0.3 is 0 Å². The zero-order valence-electron chi connectivity index (χ0n) is 22.1. The maximum Gasteiger partial charge on any atom is 0.0263 e. The van der Waals surface area contributed by atoms with E-state index in [9.17, 15) is 5.21 Å². The van der Waals surface area contributed by atoms with Crippen LogP contribution in [0.1, 0.15) is 168 Å². The van der Waals surface area contributed by atoms with E-state index < -0.39 is 0 Å². The van der Waals surface area contributed by atoms with Crippen molar-refractivity contribution in [3.63, 3.8) is 0 Å². The molecule has 1 unspecified atom stereocenters. The van der Waals surface area contributed by atoms with Crippen molar-refractivity contribution in [2.75, 3.05) is 13.6 Å². The lowest BCUT2D eigenvalue weighted by molar-refractivity contribution is -0.0778. The van der Waals surface area contributed by atoms with Crippen molar-refractivity contribution in [1.82, 2.24) is 5.06 Å². The Morgan fingerprint density at radius 3 is 0.968 bits per heavy atom. The lowest BCUT2D eigenvalue weighted by Gasteiger charge is -2.20. The standard InChI is InChI=1S/C29H61NO/c1-4-6-8-10-12-14-16-17-19-21-23-25-27-29(28-30(3)31)26-24-22-20-18-15-13-11-9-7-5-2/h29,31H,4-28H2,1-3H3. The molecule has 0 fully saturated rings. The van der Waals surface area contributed by atoms with Crippen LogP contribution in [0.25, 0.3) is 0 Å². The van der Waals surface area contributed by atoms with Gasteiger partial charge in [0.1, 0.15) is 0 Å². The number of hydroxylamine groups is 2. The van der Waals surface area contributed by atoms with Crippen molar-refractivity contribution in [2.45, 2.75) is 168 Å². The number of hydrogen-bond acceptors (Lipinski definition) is 2. The molecule has 1 atom stereocenters. The minimum atomic E-state index is 0.687. The first-order chi connectivity index (χ1) is 15.2. The molecular weight excluding hydrogens is 378 g/mol. The molecule has 0 saturated carbocycles. The second kappa shape index (κ2) is 26.2. The average Bonchev–Trinajstić information content (AvgIpc) is 2.75. The third kappa shape index (κ3) is 26.1. The van der Waals surface area contributed by atoms with E-state index in [2.05, 4.69) is 13.8 Å². The Balaban J connectivity index is 3.52. The van der Waals surface area contributed by atoms with Crippen LogP contribution < -0.4 is 0 Å². The quantitative estimate of drug-likeness (QED) is 0.107. The molecule has 0 aliphatic rings. The molecular formula is C29H61NO. The largest absolute Gasteiger partial charge is 0.314 e. The number of unbranched alkanes of at least 4 members (excludes halogenated alkanes) is 20. The minimum absolute atomic E-state index is 0.687. The van der Waals surface area contributed by atoms with Gasteiger partial charge < -0.3 is 5.21 Å². The summed E-state index contributed by atoms with van der Waals surface area (Å²) in [4.78, 5) is 0. The van der Waals surface area contributed by atoms with Gasteiger partial charge in [-0.25, -0.2) is 0 Å². The monoisotopic (exact) mass is 439 g/mol. The highest BCUT2D eigenvalue weighted by Gasteiger charge is 2.10. The topological polar surface area (TPSA) is 23.5 Å². The van der Waals surface area contributed by atoms with Gasteiger partial charge in [0.05, 0.1) is 0 Å². The smallest absolute Gasteiger partial charge is 0.0263 e. The molecule has 0 aromatic carbocycles. The van der Waals surface area contributed by atoms with Crippen LogP contribution in [0.5, 0.6) is 0 Å². The van der Waals surface area contributed by atoms with E-state index in [-0.39, 0.29) is 0 Å². The van der Waals surface area contributed by atoms with Gasteiger partial charge in [0.25, 0.3) is 0 Å². The molecule has 31 heavy (non-hydrogen) atoms. The number of hydrogen-bond donors (Lipinski definition) is 1. The maximum atomic E-state index is 9.71. The molecule has 0 aliphatic heterocycles. The van der Waals surface area contributed by atoms with Gasteiger partial charge in [-0.1, -0.05) is 155 Å². The summed E-state index contributed by atoms with van der Waals surface area (Å²) in [5.41, 5.74) is 0. The van der Waals surface area contributed by atoms with Gasteiger partial charge in [0.2, 0.25) is 0 Å². The molecule has 2 nitrogen and oxygen atoms in total. The molecule has 0 aromatic rings. The second-order valence-electron chi connectivity index (χ2n) is 10.4. The molecule has 0 aliphatic carbocycles. The van der Waals surface area contributed by atoms with E-state index in [4.69, 9.17) is 0 Å². The van der Waals surface area contributed by atoms with Gasteiger partial charge in [-0.2, -0.15) is 5.06 Å². The predicted molar refractivity (Wildman–Crippen MR) is 140 cm³/mol. The van der Waals surface area contributed by atoms with Crippen molar-refractivity contribution < 1.29 is 5.21 Å². The zero-order valence-corrected chi connectivity index (χ0v) is 22.1. The van der Waals surface area contributed by atoms with E-state index in [0.717, 1.165) is 6.54 Å². The van der Waals surface area contributed by atoms with Crippen LogP contribution in [-0.2, 0) is 0 Å². The minimum Gasteiger partial charge on any atom is -0.314 e. The van der Waals surface area contributed by atoms with Crippen LogP contribution in [0.15, 0.2) is 0 Å². The van der Waals surface area contributed by atoms with E-state index >= 15 is 0 Å². The zero-order chi connectivity index (χ0) is 22.8. The average molecular weight is 440 g/mol. The van der Waals surface area contributed by atoms with Crippen molar-refractivity contribution in [2.24, 2.45) is 5.92 Å². The van der Waals surface area contributed by atoms with Crippen molar-refractivity contribution in [1.29, 1.82) is 0 Å². The molecule has 0 heterocycles. The summed E-state index contributed by atoms with van der Waals surface area (Å²) in [6, 6.07) is 0. The molecule has 2 heteroatoms. The summed E-state index contributed by atoms with van der Waals surface area (Å²) in [6.07, 6.45) is 33.8. The molecule has 0 spiro atoms. The lowest BCUT2D eigenvalue weighted by atomic mass is 9.94. The highest BCUT2D eigenvalue weighted by Crippen LogP contribution is 2.20. The molecule has 188 valence electrons. The first-order valence-electron chi connectivity index (χ1n) is 14.6. The van der Waals surface area contributed by atoms with Crippen molar-refractivity contribution in [3.05, 3.63) is 0 Å². The normalized spacial score (nSPS) is 12.7. The van der Waals surface area contributed by atoms with Crippen molar-refractivity contribution >= 4 is 0 Å². The first kappa shape index (κ1) is 30.9. The highest BCUT2D eigenvalue weighted by atomic mass is 16.5. The first-order valence-corrected chi connectivity index (χ1v) is 14.6. The highest BCUT2D eigenvalue weighted by molar-refractivity contribution is 4.62. The third-order valence-corrected chi connectivity index (χ3v) is 6.95. The Morgan fingerprint density at radius 1 is 0.452 bits per heavy atom. The summed E-state index contributed by atoms with van der Waals surface area (Å²) in [5.74, 6) is 0.687. The van der Waals surface area contributed by atoms with E-state index in [1.54, 1.807) is 0 Å². The summed E-state index contributed by atoms with van der Waals surface area (Å²) >= 11 is 0. The van der Waals surface area contributed by atoms with Crippen LogP contribution >= 0.6 is 0 Å². The third-order valence-electron chi connectivity index (χ3n) is 6.95. The Kier molecular flexibility index (Phi) is 26.1. The van der Waals surface area contributed by atoms with Crippen LogP contribution in [0.2, 0.25) is 0 Å². The molecule has 0 rings (SSSR count). The maximum absolute atomic E-state index is 9.71. The molecule has 1 N–H and O–H groups in total. The lowest BCUT2D eigenvalue weighted by Crippen LogP contribution is -2.22. The van der Waals surface area contributed by atoms with Gasteiger partial charge in [-0.05, 0) is 18.8 Å². The van der Waals surface area contributed by atoms with Gasteiger partial charge in [-0.15, -0.1) is 0 Å². The van der Waals surface area contributed by atoms with Crippen LogP contribution in [0, 0.1) is 5.92 Å². The summed E-state index contributed by atoms with van der Waals surface area (Å²) < 4.78 is 0. The Labute approximate surface area is 197 Å². The van der Waals surface area contributed by atoms with Crippen molar-refractivity contribution in [3.8, 4) is 0 Å². The van der Waals surface area contributed by atoms with Crippen LogP contribution in [-0.4, -0.2) is 23.9 Å². The Hall–Kier alpha value is -0.0800. The van der Waals surface area contributed by atoms with E-state index in [1.165, 1.54) is 159 Å². The fourth-order valence-corrected chi connectivity index (χ4v) is 4.90. The molecule has 0 radical (unpaired) electrons. The Morgan fingerprint density at radius 2 is 0.710 bits per heavy atom. The van der Waals surface area contributed by atoms with Gasteiger partial charge in [-0.3, -0.25) is 0 Å². The second-order valence-corrected chi connectivity index (χ2v) is 10.4. The molecule has 0 amide bonds.